The van der Waals surface area contributed by atoms with E-state index in [1.807, 2.05) is 0 Å². The number of nitrogens with one attached hydrogen (secondary N) is 1. The molecule has 0 spiro atoms. The number of halogens is 3. The van der Waals surface area contributed by atoms with Gasteiger partial charge in [-0.1, -0.05) is 12.8 Å². The topological polar surface area (TPSA) is 72.2 Å². The summed E-state index contributed by atoms with van der Waals surface area (Å²) in [5.74, 6) is -1.97. The van der Waals surface area contributed by atoms with E-state index in [4.69, 9.17) is 5.73 Å². The number of hydrogen-bond donors (Lipinski definition) is 2. The second kappa shape index (κ2) is 5.67. The summed E-state index contributed by atoms with van der Waals surface area (Å²) in [5, 5.41) is 0. The summed E-state index contributed by atoms with van der Waals surface area (Å²) in [6.45, 7) is 0.149. The molecule has 3 N–H and O–H groups in total. The first-order valence-electron chi connectivity index (χ1n) is 6.18. The zero-order valence-electron chi connectivity index (χ0n) is 10.6. The number of rotatable bonds is 4. The van der Waals surface area contributed by atoms with Crippen LogP contribution in [0.1, 0.15) is 25.7 Å². The molecule has 1 aromatic carbocycles. The van der Waals surface area contributed by atoms with Gasteiger partial charge in [0, 0.05) is 18.2 Å². The van der Waals surface area contributed by atoms with E-state index in [0.29, 0.717) is 18.9 Å². The van der Waals surface area contributed by atoms with Crippen LogP contribution in [0.4, 0.5) is 8.78 Å². The molecule has 1 aromatic rings. The van der Waals surface area contributed by atoms with Gasteiger partial charge < -0.3 is 5.73 Å². The fourth-order valence-corrected chi connectivity index (χ4v) is 4.50. The minimum absolute atomic E-state index is 0.104. The normalized spacial score (nSPS) is 18.4. The van der Waals surface area contributed by atoms with Crippen molar-refractivity contribution in [2.45, 2.75) is 36.1 Å². The summed E-state index contributed by atoms with van der Waals surface area (Å²) < 4.78 is 53.8. The van der Waals surface area contributed by atoms with Gasteiger partial charge >= 0.3 is 0 Å². The van der Waals surface area contributed by atoms with Gasteiger partial charge in [0.05, 0.1) is 4.47 Å². The molecule has 1 aliphatic rings. The molecular formula is C12H15BrF2N2O2S. The average molecular weight is 369 g/mol. The van der Waals surface area contributed by atoms with Crippen LogP contribution in [0, 0.1) is 11.6 Å². The highest BCUT2D eigenvalue weighted by molar-refractivity contribution is 9.10. The Morgan fingerprint density at radius 1 is 1.25 bits per heavy atom. The third-order valence-corrected chi connectivity index (χ3v) is 5.77. The van der Waals surface area contributed by atoms with E-state index in [-0.39, 0.29) is 11.0 Å². The first-order valence-corrected chi connectivity index (χ1v) is 8.46. The molecule has 0 radical (unpaired) electrons. The first-order chi connectivity index (χ1) is 9.30. The number of hydrogen-bond acceptors (Lipinski definition) is 3. The van der Waals surface area contributed by atoms with Crippen molar-refractivity contribution in [3.05, 3.63) is 28.2 Å². The fraction of sp³-hybridized carbons (Fsp3) is 0.500. The van der Waals surface area contributed by atoms with Crippen molar-refractivity contribution in [3.8, 4) is 0 Å². The Balaban J connectivity index is 2.38. The molecule has 1 fully saturated rings. The third-order valence-electron chi connectivity index (χ3n) is 3.57. The smallest absolute Gasteiger partial charge is 0.244 e. The van der Waals surface area contributed by atoms with Crippen LogP contribution in [0.5, 0.6) is 0 Å². The zero-order valence-corrected chi connectivity index (χ0v) is 13.0. The lowest BCUT2D eigenvalue weighted by Crippen LogP contribution is -2.51. The second-order valence-electron chi connectivity index (χ2n) is 4.99. The zero-order chi connectivity index (χ0) is 15.0. The SMILES string of the molecule is NCC1(NS(=O)(=O)c2cc(Br)c(F)cc2F)CCCC1. The van der Waals surface area contributed by atoms with Gasteiger partial charge in [-0.2, -0.15) is 0 Å². The number of sulfonamides is 1. The molecule has 4 nitrogen and oxygen atoms in total. The first kappa shape index (κ1) is 15.8. The molecule has 0 aliphatic heterocycles. The van der Waals surface area contributed by atoms with Crippen LogP contribution in [0.15, 0.2) is 21.5 Å². The monoisotopic (exact) mass is 368 g/mol. The number of benzene rings is 1. The molecule has 0 aromatic heterocycles. The highest BCUT2D eigenvalue weighted by Gasteiger charge is 2.37. The quantitative estimate of drug-likeness (QED) is 0.800. The lowest BCUT2D eigenvalue weighted by Gasteiger charge is -2.28. The van der Waals surface area contributed by atoms with Gasteiger partial charge in [-0.05, 0) is 34.8 Å². The maximum atomic E-state index is 13.7. The van der Waals surface area contributed by atoms with E-state index in [2.05, 4.69) is 20.7 Å². The van der Waals surface area contributed by atoms with Gasteiger partial charge in [-0.25, -0.2) is 21.9 Å². The molecule has 8 heteroatoms. The maximum absolute atomic E-state index is 13.7. The van der Waals surface area contributed by atoms with Crippen LogP contribution in [-0.4, -0.2) is 20.5 Å². The predicted molar refractivity (Wildman–Crippen MR) is 74.6 cm³/mol. The Morgan fingerprint density at radius 3 is 2.40 bits per heavy atom. The summed E-state index contributed by atoms with van der Waals surface area (Å²) in [5.41, 5.74) is 4.93. The Bertz CT molecular complexity index is 616. The molecule has 1 aliphatic carbocycles. The molecule has 2 rings (SSSR count). The Hall–Kier alpha value is -0.570. The van der Waals surface area contributed by atoms with E-state index < -0.39 is 32.1 Å². The molecule has 20 heavy (non-hydrogen) atoms. The molecule has 0 bridgehead atoms. The van der Waals surface area contributed by atoms with Gasteiger partial charge in [0.25, 0.3) is 0 Å². The minimum atomic E-state index is -4.09. The Labute approximate surface area is 124 Å². The molecule has 1 saturated carbocycles. The molecule has 0 unspecified atom stereocenters. The fourth-order valence-electron chi connectivity index (χ4n) is 2.45. The van der Waals surface area contributed by atoms with Crippen molar-refractivity contribution in [1.29, 1.82) is 0 Å². The van der Waals surface area contributed by atoms with Crippen molar-refractivity contribution >= 4 is 26.0 Å². The largest absolute Gasteiger partial charge is 0.329 e. The van der Waals surface area contributed by atoms with Crippen LogP contribution in [0.3, 0.4) is 0 Å². The molecule has 0 amide bonds. The van der Waals surface area contributed by atoms with E-state index in [0.717, 1.165) is 18.9 Å². The van der Waals surface area contributed by atoms with Crippen molar-refractivity contribution < 1.29 is 17.2 Å². The van der Waals surface area contributed by atoms with E-state index in [1.54, 1.807) is 0 Å². The van der Waals surface area contributed by atoms with Gasteiger partial charge in [-0.3, -0.25) is 0 Å². The third kappa shape index (κ3) is 3.03. The Morgan fingerprint density at radius 2 is 1.85 bits per heavy atom. The van der Waals surface area contributed by atoms with E-state index >= 15 is 0 Å². The van der Waals surface area contributed by atoms with Crippen molar-refractivity contribution in [2.24, 2.45) is 5.73 Å². The number of nitrogens with two attached hydrogens (primary N) is 1. The van der Waals surface area contributed by atoms with E-state index in [9.17, 15) is 17.2 Å². The summed E-state index contributed by atoms with van der Waals surface area (Å²) >= 11 is 2.86. The van der Waals surface area contributed by atoms with Crippen molar-refractivity contribution in [3.63, 3.8) is 0 Å². The van der Waals surface area contributed by atoms with Gasteiger partial charge in [0.1, 0.15) is 16.5 Å². The molecular weight excluding hydrogens is 354 g/mol. The average Bonchev–Trinajstić information content (AvgIpc) is 2.82. The molecule has 0 saturated heterocycles. The van der Waals surface area contributed by atoms with Gasteiger partial charge in [-0.15, -0.1) is 0 Å². The van der Waals surface area contributed by atoms with Crippen molar-refractivity contribution in [2.75, 3.05) is 6.54 Å². The predicted octanol–water partition coefficient (Wildman–Crippen LogP) is 2.28. The lowest BCUT2D eigenvalue weighted by molar-refractivity contribution is 0.398. The highest BCUT2D eigenvalue weighted by Crippen LogP contribution is 2.31. The lowest BCUT2D eigenvalue weighted by atomic mass is 10.0. The minimum Gasteiger partial charge on any atom is -0.329 e. The molecule has 0 heterocycles. The molecule has 0 atom stereocenters. The summed E-state index contributed by atoms with van der Waals surface area (Å²) in [7, 11) is -4.09. The maximum Gasteiger partial charge on any atom is 0.244 e. The standard InChI is InChI=1S/C12H15BrF2N2O2S/c13-8-5-11(10(15)6-9(8)14)20(18,19)17-12(7-16)3-1-2-4-12/h5-6,17H,1-4,7,16H2. The Kier molecular flexibility index (Phi) is 4.48. The van der Waals surface area contributed by atoms with Crippen LogP contribution in [-0.2, 0) is 10.0 Å². The van der Waals surface area contributed by atoms with Crippen molar-refractivity contribution in [1.82, 2.24) is 4.72 Å². The van der Waals surface area contributed by atoms with Crippen LogP contribution >= 0.6 is 15.9 Å². The van der Waals surface area contributed by atoms with Crippen LogP contribution < -0.4 is 10.5 Å². The van der Waals surface area contributed by atoms with Gasteiger partial charge in [0.2, 0.25) is 10.0 Å². The molecule has 112 valence electrons. The summed E-state index contributed by atoms with van der Waals surface area (Å²) in [4.78, 5) is -0.578. The second-order valence-corrected chi connectivity index (χ2v) is 7.50. The summed E-state index contributed by atoms with van der Waals surface area (Å²) in [6.07, 6.45) is 2.98. The van der Waals surface area contributed by atoms with Crippen LogP contribution in [0.2, 0.25) is 0 Å². The van der Waals surface area contributed by atoms with Gasteiger partial charge in [0.15, 0.2) is 0 Å². The summed E-state index contributed by atoms with van der Waals surface area (Å²) in [6, 6.07) is 1.47. The van der Waals surface area contributed by atoms with E-state index in [1.165, 1.54) is 0 Å². The van der Waals surface area contributed by atoms with Crippen LogP contribution in [0.25, 0.3) is 0 Å². The highest BCUT2D eigenvalue weighted by atomic mass is 79.9.